The fourth-order valence-electron chi connectivity index (χ4n) is 4.36. The summed E-state index contributed by atoms with van der Waals surface area (Å²) in [5, 5.41) is 11.0. The molecule has 5 rings (SSSR count). The summed E-state index contributed by atoms with van der Waals surface area (Å²) in [6.07, 6.45) is 5.11. The highest BCUT2D eigenvalue weighted by Crippen LogP contribution is 2.36. The number of carbonyl (C=O) groups is 1. The van der Waals surface area contributed by atoms with Crippen molar-refractivity contribution in [2.45, 2.75) is 45.2 Å². The molecule has 7 nitrogen and oxygen atoms in total. The fraction of sp³-hybridized carbons (Fsp3) is 0.480. The van der Waals surface area contributed by atoms with Gasteiger partial charge in [-0.25, -0.2) is 9.97 Å². The van der Waals surface area contributed by atoms with Crippen molar-refractivity contribution in [1.82, 2.24) is 25.5 Å². The van der Waals surface area contributed by atoms with Gasteiger partial charge in [-0.05, 0) is 63.4 Å². The monoisotopic (exact) mass is 464 g/mol. The normalized spacial score (nSPS) is 19.0. The number of benzene rings is 1. The SMILES string of the molecule is Cc1cnc(NCCCN2CCN[C@@H](C)C2)nc1-c1cc2c(C(=O)NC3CC3)cccc2s1. The maximum atomic E-state index is 12.7. The van der Waals surface area contributed by atoms with Crippen LogP contribution < -0.4 is 16.0 Å². The summed E-state index contributed by atoms with van der Waals surface area (Å²) in [6, 6.07) is 8.96. The van der Waals surface area contributed by atoms with Crippen LogP contribution in [0, 0.1) is 6.92 Å². The molecule has 174 valence electrons. The molecule has 8 heteroatoms. The molecular weight excluding hydrogens is 432 g/mol. The molecule has 3 aromatic rings. The summed E-state index contributed by atoms with van der Waals surface area (Å²) in [7, 11) is 0. The van der Waals surface area contributed by atoms with Crippen LogP contribution in [0.15, 0.2) is 30.5 Å². The summed E-state index contributed by atoms with van der Waals surface area (Å²) >= 11 is 1.68. The van der Waals surface area contributed by atoms with E-state index in [0.29, 0.717) is 18.0 Å². The molecule has 2 aromatic heterocycles. The van der Waals surface area contributed by atoms with Crippen LogP contribution in [0.5, 0.6) is 0 Å². The van der Waals surface area contributed by atoms with Crippen molar-refractivity contribution in [3.05, 3.63) is 41.6 Å². The molecule has 3 N–H and O–H groups in total. The number of amides is 1. The van der Waals surface area contributed by atoms with Crippen molar-refractivity contribution in [3.63, 3.8) is 0 Å². The minimum Gasteiger partial charge on any atom is -0.354 e. The molecule has 0 bridgehead atoms. The Labute approximate surface area is 199 Å². The van der Waals surface area contributed by atoms with Gasteiger partial charge in [-0.2, -0.15) is 0 Å². The van der Waals surface area contributed by atoms with Crippen molar-refractivity contribution < 1.29 is 4.79 Å². The van der Waals surface area contributed by atoms with Gasteiger partial charge in [0.05, 0.1) is 10.6 Å². The number of fused-ring (bicyclic) bond motifs is 1. The molecule has 1 aliphatic carbocycles. The van der Waals surface area contributed by atoms with Gasteiger partial charge in [0.25, 0.3) is 5.91 Å². The molecule has 0 spiro atoms. The number of hydrogen-bond acceptors (Lipinski definition) is 7. The van der Waals surface area contributed by atoms with Crippen molar-refractivity contribution >= 4 is 33.3 Å². The molecule has 1 atom stereocenters. The lowest BCUT2D eigenvalue weighted by atomic mass is 10.1. The Kier molecular flexibility index (Phi) is 6.57. The number of aromatic nitrogens is 2. The molecule has 1 aliphatic heterocycles. The summed E-state index contributed by atoms with van der Waals surface area (Å²) < 4.78 is 1.10. The van der Waals surface area contributed by atoms with E-state index in [-0.39, 0.29) is 5.91 Å². The summed E-state index contributed by atoms with van der Waals surface area (Å²) in [5.41, 5.74) is 2.71. The highest BCUT2D eigenvalue weighted by Gasteiger charge is 2.25. The number of piperazine rings is 1. The predicted octanol–water partition coefficient (Wildman–Crippen LogP) is 3.65. The number of carbonyl (C=O) groups excluding carboxylic acids is 1. The van der Waals surface area contributed by atoms with Crippen molar-refractivity contribution in [1.29, 1.82) is 0 Å². The van der Waals surface area contributed by atoms with Crippen LogP contribution in [-0.2, 0) is 0 Å². The van der Waals surface area contributed by atoms with Crippen LogP contribution in [0.1, 0.15) is 42.1 Å². The number of hydrogen-bond donors (Lipinski definition) is 3. The molecular formula is C25H32N6OS. The molecule has 33 heavy (non-hydrogen) atoms. The van der Waals surface area contributed by atoms with E-state index in [1.54, 1.807) is 11.3 Å². The Hall–Kier alpha value is -2.55. The van der Waals surface area contributed by atoms with Gasteiger partial charge in [-0.3, -0.25) is 4.79 Å². The molecule has 2 aliphatic rings. The molecule has 1 saturated heterocycles. The number of aryl methyl sites for hydroxylation is 1. The maximum Gasteiger partial charge on any atom is 0.252 e. The van der Waals surface area contributed by atoms with Crippen LogP contribution in [-0.4, -0.2) is 65.6 Å². The average Bonchev–Trinajstić information content (AvgIpc) is 3.51. The molecule has 0 radical (unpaired) electrons. The van der Waals surface area contributed by atoms with Crippen LogP contribution in [0.2, 0.25) is 0 Å². The highest BCUT2D eigenvalue weighted by molar-refractivity contribution is 7.22. The molecule has 1 amide bonds. The molecule has 2 fully saturated rings. The molecule has 0 unspecified atom stereocenters. The minimum atomic E-state index is 0.0214. The topological polar surface area (TPSA) is 82.2 Å². The minimum absolute atomic E-state index is 0.0214. The summed E-state index contributed by atoms with van der Waals surface area (Å²) in [6.45, 7) is 9.49. The van der Waals surface area contributed by atoms with E-state index in [1.165, 1.54) is 0 Å². The zero-order valence-corrected chi connectivity index (χ0v) is 20.2. The lowest BCUT2D eigenvalue weighted by molar-refractivity contribution is 0.0953. The summed E-state index contributed by atoms with van der Waals surface area (Å²) in [5.74, 6) is 0.682. The van der Waals surface area contributed by atoms with Crippen LogP contribution in [0.4, 0.5) is 5.95 Å². The third-order valence-electron chi connectivity index (χ3n) is 6.31. The second kappa shape index (κ2) is 9.75. The third kappa shape index (κ3) is 5.34. The van der Waals surface area contributed by atoms with Gasteiger partial charge in [0, 0.05) is 60.1 Å². The summed E-state index contributed by atoms with van der Waals surface area (Å²) in [4.78, 5) is 25.6. The number of anilines is 1. The largest absolute Gasteiger partial charge is 0.354 e. The van der Waals surface area contributed by atoms with E-state index < -0.39 is 0 Å². The zero-order valence-electron chi connectivity index (χ0n) is 19.4. The van der Waals surface area contributed by atoms with Crippen molar-refractivity contribution in [2.75, 3.05) is 38.0 Å². The number of nitrogens with one attached hydrogen (secondary N) is 3. The number of nitrogens with zero attached hydrogens (tertiary/aromatic N) is 3. The first kappa shape index (κ1) is 22.3. The maximum absolute atomic E-state index is 12.7. The van der Waals surface area contributed by atoms with Gasteiger partial charge >= 0.3 is 0 Å². The standard InChI is InChI=1S/C25H32N6OS/c1-16-14-28-25(27-9-4-11-31-12-10-26-17(2)15-31)30-23(16)22-13-20-19(5-3-6-21(20)33-22)24(32)29-18-7-8-18/h3,5-6,13-14,17-18,26H,4,7-12,15H2,1-2H3,(H,29,32)(H,27,28,30)/t17-/m0/s1. The molecule has 3 heterocycles. The van der Waals surface area contributed by atoms with E-state index in [4.69, 9.17) is 4.98 Å². The van der Waals surface area contributed by atoms with E-state index >= 15 is 0 Å². The van der Waals surface area contributed by atoms with E-state index in [0.717, 1.165) is 83.8 Å². The first-order valence-corrected chi connectivity index (χ1v) is 12.8. The second-order valence-electron chi connectivity index (χ2n) is 9.24. The second-order valence-corrected chi connectivity index (χ2v) is 10.3. The zero-order chi connectivity index (χ0) is 22.8. The van der Waals surface area contributed by atoms with Gasteiger partial charge in [-0.1, -0.05) is 6.07 Å². The third-order valence-corrected chi connectivity index (χ3v) is 7.42. The fourth-order valence-corrected chi connectivity index (χ4v) is 5.50. The Bertz CT molecular complexity index is 1140. The number of rotatable bonds is 8. The van der Waals surface area contributed by atoms with Gasteiger partial charge in [-0.15, -0.1) is 11.3 Å². The van der Waals surface area contributed by atoms with Gasteiger partial charge in [0.15, 0.2) is 0 Å². The Morgan fingerprint density at radius 3 is 3.03 bits per heavy atom. The van der Waals surface area contributed by atoms with Crippen LogP contribution in [0.25, 0.3) is 20.7 Å². The van der Waals surface area contributed by atoms with Gasteiger partial charge < -0.3 is 20.9 Å². The van der Waals surface area contributed by atoms with E-state index in [9.17, 15) is 4.79 Å². The quantitative estimate of drug-likeness (QED) is 0.442. The van der Waals surface area contributed by atoms with Crippen LogP contribution in [0.3, 0.4) is 0 Å². The lowest BCUT2D eigenvalue weighted by Gasteiger charge is -2.31. The molecule has 1 saturated carbocycles. The Morgan fingerprint density at radius 2 is 2.21 bits per heavy atom. The lowest BCUT2D eigenvalue weighted by Crippen LogP contribution is -2.49. The average molecular weight is 465 g/mol. The Morgan fingerprint density at radius 1 is 1.33 bits per heavy atom. The highest BCUT2D eigenvalue weighted by atomic mass is 32.1. The first-order chi connectivity index (χ1) is 16.1. The predicted molar refractivity (Wildman–Crippen MR) is 135 cm³/mol. The van der Waals surface area contributed by atoms with E-state index in [2.05, 4.69) is 44.9 Å². The van der Waals surface area contributed by atoms with Crippen molar-refractivity contribution in [3.8, 4) is 10.6 Å². The number of thiophene rings is 1. The Balaban J connectivity index is 1.28. The smallest absolute Gasteiger partial charge is 0.252 e. The van der Waals surface area contributed by atoms with E-state index in [1.807, 2.05) is 25.3 Å². The first-order valence-electron chi connectivity index (χ1n) is 11.9. The van der Waals surface area contributed by atoms with Gasteiger partial charge in [0.2, 0.25) is 5.95 Å². The van der Waals surface area contributed by atoms with Crippen LogP contribution >= 0.6 is 11.3 Å². The van der Waals surface area contributed by atoms with Gasteiger partial charge in [0.1, 0.15) is 0 Å². The van der Waals surface area contributed by atoms with Crippen molar-refractivity contribution in [2.24, 2.45) is 0 Å². The molecule has 1 aromatic carbocycles.